The number of nitrogens with two attached hydrogens (primary N) is 3. The van der Waals surface area contributed by atoms with Gasteiger partial charge in [0.1, 0.15) is 36.3 Å². The molecule has 16 atom stereocenters. The van der Waals surface area contributed by atoms with Crippen LogP contribution in [0.4, 0.5) is 14.4 Å². The lowest BCUT2D eigenvalue weighted by molar-refractivity contribution is -0.146. The lowest BCUT2D eigenvalue weighted by atomic mass is 9.70. The number of piperidine rings is 3. The van der Waals surface area contributed by atoms with E-state index in [-0.39, 0.29) is 112 Å². The van der Waals surface area contributed by atoms with Crippen LogP contribution in [0.1, 0.15) is 264 Å². The third-order valence-electron chi connectivity index (χ3n) is 30.7. The highest BCUT2D eigenvalue weighted by Gasteiger charge is 2.73. The van der Waals surface area contributed by atoms with Crippen molar-refractivity contribution >= 4 is 88.6 Å². The van der Waals surface area contributed by atoms with Crippen LogP contribution < -0.4 is 65.1 Å². The third-order valence-corrected chi connectivity index (χ3v) is 30.7. The fraction of sp³-hybridized carbons (Fsp3) is 0.833. The fourth-order valence-corrected chi connectivity index (χ4v) is 21.7. The lowest BCUT2D eigenvalue weighted by Crippen LogP contribution is -2.63. The van der Waals surface area contributed by atoms with Gasteiger partial charge in [0.2, 0.25) is 52.8 Å². The smallest absolute Gasteiger partial charge is 0.315 e. The number of Topliss-reactive ketones (excluding diaryl/α,β-unsaturated/α-hetero) is 3. The van der Waals surface area contributed by atoms with Crippen LogP contribution in [-0.4, -0.2) is 232 Å². The molecule has 0 aromatic carbocycles. The number of likely N-dealkylation sites (tertiary alicyclic amines) is 3. The van der Waals surface area contributed by atoms with Crippen molar-refractivity contribution < 1.29 is 86.9 Å². The number of carbonyl (C=O) groups is 15. The summed E-state index contributed by atoms with van der Waals surface area (Å²) < 4.78 is 5.30. The van der Waals surface area contributed by atoms with Crippen molar-refractivity contribution in [1.29, 1.82) is 0 Å². The van der Waals surface area contributed by atoms with Gasteiger partial charge >= 0.3 is 18.1 Å². The summed E-state index contributed by atoms with van der Waals surface area (Å²) in [6, 6.07) is -9.87. The first-order valence-corrected chi connectivity index (χ1v) is 45.7. The molecule has 12 fully saturated rings. The van der Waals surface area contributed by atoms with Gasteiger partial charge in [-0.2, -0.15) is 0 Å². The zero-order chi connectivity index (χ0) is 90.9. The number of ether oxygens (including phenoxy) is 1. The van der Waals surface area contributed by atoms with E-state index in [1.807, 2.05) is 55.4 Å². The molecule has 0 spiro atoms. The molecule has 9 aliphatic carbocycles. The maximum absolute atomic E-state index is 14.5. The van der Waals surface area contributed by atoms with E-state index in [0.29, 0.717) is 71.2 Å². The molecule has 690 valence electrons. The predicted molar refractivity (Wildman–Crippen MR) is 457 cm³/mol. The van der Waals surface area contributed by atoms with Gasteiger partial charge in [-0.15, -0.1) is 0 Å². The molecule has 12 rings (SSSR count). The van der Waals surface area contributed by atoms with Crippen molar-refractivity contribution in [3.05, 3.63) is 0 Å². The van der Waals surface area contributed by atoms with Crippen molar-refractivity contribution in [1.82, 2.24) is 62.6 Å². The van der Waals surface area contributed by atoms with Gasteiger partial charge in [-0.3, -0.25) is 57.5 Å². The Kier molecular flexibility index (Phi) is 30.2. The first-order valence-electron chi connectivity index (χ1n) is 45.7. The Bertz CT molecular complexity index is 3950. The molecule has 3 unspecified atom stereocenters. The summed E-state index contributed by atoms with van der Waals surface area (Å²) in [4.78, 5) is 202. The standard InChI is InChI=1S/C32H53N5O6.C30H49N5O6.C28H45N5O6/c1-18(2)22(17-43-6)35-30(42)36-26(32(5)13-8-7-9-14-32)29(41)37-16-20-23(31(20,3)4)24(37)28(40)34-21(25(38)27(33)39)15-19-11-10-12-19;1-28(2,3)23(33-27(41)34-30(16-36)12-8-6-7-9-13-30)26(40)35-15-18-20(29(18,4)5)21(35)25(39)32-19(14-17-10-11-17)22(37)24(31)38;1-26(2,3)21(31-25(39)32-28(14-34)10-6-7-11-28)24(38)33-13-16-18(27(16,4)5)19(33)23(37)30-17(12-15-8-9-15)20(35)22(29)36/h18-24,26H,7-17H2,1-6H3,(H2,33,39)(H,34,40)(H2,35,36,42);17-21,23,36H,6-16H2,1-5H3,(H2,31,38)(H,32,39)(H2,33,34,41);15-19,21,34H,6-14H2,1-5H3,(H2,29,36)(H,30,37)(H2,31,32,39)/t20-,21?,22+,23-,24-,26+;18-,19?,20-,21-,23+;16-,17?,18-,19-,21+/m000/s1. The third kappa shape index (κ3) is 22.3. The number of nitrogens with one attached hydrogen (secondary N) is 9. The minimum Gasteiger partial charge on any atom is -0.394 e. The lowest BCUT2D eigenvalue weighted by Gasteiger charge is -2.43. The van der Waals surface area contributed by atoms with Crippen LogP contribution in [-0.2, 0) is 62.3 Å². The molecular formula is C90H147N15O18. The normalized spacial score (nSPS) is 27.9. The van der Waals surface area contributed by atoms with Crippen molar-refractivity contribution in [3.8, 4) is 0 Å². The summed E-state index contributed by atoms with van der Waals surface area (Å²) in [5.41, 5.74) is 12.2. The molecule has 33 heteroatoms. The number of rotatable bonds is 33. The Morgan fingerprint density at radius 1 is 0.407 bits per heavy atom. The average Bonchev–Trinajstić information content (AvgIpc) is 1.53. The quantitative estimate of drug-likeness (QED) is 0.0305. The number of nitrogens with zero attached hydrogens (tertiary/aromatic N) is 3. The van der Waals surface area contributed by atoms with E-state index in [2.05, 4.69) is 96.3 Å². The maximum Gasteiger partial charge on any atom is 0.315 e. The Morgan fingerprint density at radius 3 is 1.00 bits per heavy atom. The van der Waals surface area contributed by atoms with E-state index >= 15 is 0 Å². The molecular weight excluding hydrogens is 1580 g/mol. The molecule has 3 saturated heterocycles. The second-order valence-electron chi connectivity index (χ2n) is 43.3. The fourth-order valence-electron chi connectivity index (χ4n) is 21.7. The molecule has 0 aromatic heterocycles. The minimum absolute atomic E-state index is 0.0786. The number of ketones is 3. The maximum atomic E-state index is 14.5. The number of aliphatic hydroxyl groups excluding tert-OH is 2. The van der Waals surface area contributed by atoms with E-state index in [0.717, 1.165) is 116 Å². The highest BCUT2D eigenvalue weighted by atomic mass is 16.5. The second kappa shape index (κ2) is 38.2. The van der Waals surface area contributed by atoms with E-state index in [1.54, 1.807) is 16.9 Å². The van der Waals surface area contributed by atoms with E-state index in [1.165, 1.54) is 4.90 Å². The van der Waals surface area contributed by atoms with Crippen LogP contribution in [0.5, 0.6) is 0 Å². The van der Waals surface area contributed by atoms with Gasteiger partial charge in [0.15, 0.2) is 0 Å². The molecule has 0 radical (unpaired) electrons. The van der Waals surface area contributed by atoms with Crippen LogP contribution in [0.2, 0.25) is 0 Å². The highest BCUT2D eigenvalue weighted by Crippen LogP contribution is 2.67. The van der Waals surface area contributed by atoms with Crippen molar-refractivity contribution in [3.63, 3.8) is 0 Å². The largest absolute Gasteiger partial charge is 0.394 e. The number of amides is 15. The van der Waals surface area contributed by atoms with Gasteiger partial charge in [0.25, 0.3) is 17.7 Å². The Labute approximate surface area is 726 Å². The molecule has 9 saturated carbocycles. The van der Waals surface area contributed by atoms with Gasteiger partial charge in [-0.1, -0.05) is 207 Å². The topological polar surface area (TPSA) is 502 Å². The molecule has 123 heavy (non-hydrogen) atoms. The molecule has 3 aliphatic heterocycles. The van der Waals surface area contributed by atoms with E-state index in [9.17, 15) is 82.1 Å². The summed E-state index contributed by atoms with van der Waals surface area (Å²) in [5, 5.41) is 46.0. The number of carbonyl (C=O) groups excluding carboxylic acids is 15. The number of urea groups is 3. The van der Waals surface area contributed by atoms with Gasteiger partial charge in [-0.25, -0.2) is 14.4 Å². The number of primary amides is 3. The van der Waals surface area contributed by atoms with Crippen molar-refractivity contribution in [2.75, 3.05) is 46.6 Å². The van der Waals surface area contributed by atoms with E-state index < -0.39 is 153 Å². The van der Waals surface area contributed by atoms with Gasteiger partial charge in [0.05, 0.1) is 55.1 Å². The van der Waals surface area contributed by atoms with Gasteiger partial charge in [-0.05, 0) is 149 Å². The first-order chi connectivity index (χ1) is 57.4. The zero-order valence-corrected chi connectivity index (χ0v) is 76.0. The van der Waals surface area contributed by atoms with Crippen LogP contribution in [0.3, 0.4) is 0 Å². The molecule has 15 amide bonds. The average molecular weight is 1730 g/mol. The zero-order valence-electron chi connectivity index (χ0n) is 76.0. The minimum atomic E-state index is -1.09. The number of aliphatic hydroxyl groups is 2. The Balaban J connectivity index is 0.000000193. The van der Waals surface area contributed by atoms with Crippen LogP contribution >= 0.6 is 0 Å². The summed E-state index contributed by atoms with van der Waals surface area (Å²) in [6.07, 6.45) is 20.7. The summed E-state index contributed by atoms with van der Waals surface area (Å²) in [6.45, 7) is 30.7. The van der Waals surface area contributed by atoms with E-state index in [4.69, 9.17) is 21.9 Å². The highest BCUT2D eigenvalue weighted by molar-refractivity contribution is 6.39. The summed E-state index contributed by atoms with van der Waals surface area (Å²) in [5.74, 6) is -7.09. The first kappa shape index (κ1) is 97.1. The molecule has 17 N–H and O–H groups in total. The number of methoxy groups -OCH3 is 1. The van der Waals surface area contributed by atoms with Crippen LogP contribution in [0, 0.1) is 91.7 Å². The molecule has 12 aliphatic rings. The van der Waals surface area contributed by atoms with Crippen molar-refractivity contribution in [2.45, 2.75) is 336 Å². The Morgan fingerprint density at radius 2 is 0.715 bits per heavy atom. The Hall–Kier alpha value is -8.07. The summed E-state index contributed by atoms with van der Waals surface area (Å²) in [7, 11) is 1.59. The molecule has 33 nitrogen and oxygen atoms in total. The molecule has 0 aromatic rings. The predicted octanol–water partition coefficient (Wildman–Crippen LogP) is 4.94. The van der Waals surface area contributed by atoms with Crippen LogP contribution in [0.25, 0.3) is 0 Å². The van der Waals surface area contributed by atoms with Crippen LogP contribution in [0.15, 0.2) is 0 Å². The summed E-state index contributed by atoms with van der Waals surface area (Å²) >= 11 is 0. The molecule has 3 heterocycles. The number of hydrogen-bond donors (Lipinski definition) is 14. The number of hydrogen-bond acceptors (Lipinski definition) is 18. The van der Waals surface area contributed by atoms with Crippen molar-refractivity contribution in [2.24, 2.45) is 109 Å². The van der Waals surface area contributed by atoms with Gasteiger partial charge in [0, 0.05) is 26.7 Å². The monoisotopic (exact) mass is 1730 g/mol. The molecule has 0 bridgehead atoms. The second-order valence-corrected chi connectivity index (χ2v) is 43.3. The number of fused-ring (bicyclic) bond motifs is 3. The van der Waals surface area contributed by atoms with Gasteiger partial charge < -0.3 is 94.7 Å². The SMILES string of the molecule is CC(C)(C)[C@H](NC(=O)NC1(CO)CCCC1)C(=O)N1C[C@H]2[C@@H]([C@H]1C(=O)NC(CC1CC1)C(=O)C(N)=O)C2(C)C.CC(C)(C)[C@H](NC(=O)NC1(CO)CCCCCC1)C(=O)N1C[C@H]2[C@@H]([C@H]1C(=O)NC(CC1CC1)C(=O)C(N)=O)C2(C)C.COC[C@@H](NC(=O)N[C@H](C(=O)N1C[C@H]2[C@@H]([C@H]1C(=O)NC(CC1CCC1)C(=O)C(N)=O)C2(C)C)C1(C)CCCCC1)C(C)C.